The number of hydrazone groups is 1. The van der Waals surface area contributed by atoms with Crippen molar-refractivity contribution in [3.8, 4) is 0 Å². The van der Waals surface area contributed by atoms with E-state index in [4.69, 9.17) is 11.6 Å². The number of anilines is 1. The molecule has 0 heterocycles. The molecular formula is C16H14ClN3O2. The van der Waals surface area contributed by atoms with Gasteiger partial charge in [0.2, 0.25) is 0 Å². The van der Waals surface area contributed by atoms with Gasteiger partial charge in [0.05, 0.1) is 6.21 Å². The summed E-state index contributed by atoms with van der Waals surface area (Å²) in [6.07, 6.45) is 1.38. The Kier molecular flexibility index (Phi) is 5.27. The van der Waals surface area contributed by atoms with Gasteiger partial charge in [-0.05, 0) is 24.6 Å². The highest BCUT2D eigenvalue weighted by Gasteiger charge is 2.13. The van der Waals surface area contributed by atoms with Crippen molar-refractivity contribution in [2.24, 2.45) is 5.10 Å². The van der Waals surface area contributed by atoms with E-state index in [9.17, 15) is 9.59 Å². The second-order valence-corrected chi connectivity index (χ2v) is 4.90. The highest BCUT2D eigenvalue weighted by molar-refractivity contribution is 6.39. The molecule has 0 aliphatic heterocycles. The lowest BCUT2D eigenvalue weighted by atomic mass is 10.2. The summed E-state index contributed by atoms with van der Waals surface area (Å²) >= 11 is 5.94. The number of carbonyl (C=O) groups excluding carboxylic acids is 2. The zero-order valence-electron chi connectivity index (χ0n) is 11.8. The highest BCUT2D eigenvalue weighted by Crippen LogP contribution is 2.13. The lowest BCUT2D eigenvalue weighted by molar-refractivity contribution is -0.136. The molecule has 0 aromatic heterocycles. The van der Waals surface area contributed by atoms with Crippen molar-refractivity contribution in [3.63, 3.8) is 0 Å². The van der Waals surface area contributed by atoms with Crippen LogP contribution in [0.3, 0.4) is 0 Å². The Morgan fingerprint density at radius 1 is 1.05 bits per heavy atom. The maximum atomic E-state index is 11.8. The zero-order chi connectivity index (χ0) is 15.9. The maximum Gasteiger partial charge on any atom is 0.329 e. The molecule has 2 amide bonds. The number of nitrogens with one attached hydrogen (secondary N) is 2. The summed E-state index contributed by atoms with van der Waals surface area (Å²) in [4.78, 5) is 23.4. The summed E-state index contributed by atoms with van der Waals surface area (Å²) in [6.45, 7) is 1.84. The van der Waals surface area contributed by atoms with Crippen molar-refractivity contribution in [1.29, 1.82) is 0 Å². The van der Waals surface area contributed by atoms with E-state index in [0.29, 0.717) is 16.3 Å². The third-order valence-corrected chi connectivity index (χ3v) is 3.22. The van der Waals surface area contributed by atoms with Gasteiger partial charge in [-0.15, -0.1) is 0 Å². The second-order valence-electron chi connectivity index (χ2n) is 4.49. The topological polar surface area (TPSA) is 70.6 Å². The molecule has 2 rings (SSSR count). The number of rotatable bonds is 3. The van der Waals surface area contributed by atoms with Crippen LogP contribution in [0.2, 0.25) is 5.02 Å². The summed E-state index contributed by atoms with van der Waals surface area (Å²) in [5.74, 6) is -1.64. The first-order valence-electron chi connectivity index (χ1n) is 6.52. The fourth-order valence-corrected chi connectivity index (χ4v) is 1.87. The van der Waals surface area contributed by atoms with Gasteiger partial charge in [0, 0.05) is 16.3 Å². The van der Waals surface area contributed by atoms with E-state index in [1.54, 1.807) is 36.4 Å². The number of hydrogen-bond acceptors (Lipinski definition) is 3. The quantitative estimate of drug-likeness (QED) is 0.519. The van der Waals surface area contributed by atoms with E-state index in [1.807, 2.05) is 19.1 Å². The molecule has 6 heteroatoms. The Hall–Kier alpha value is -2.66. The fraction of sp³-hybridized carbons (Fsp3) is 0.0625. The summed E-state index contributed by atoms with van der Waals surface area (Å²) in [7, 11) is 0. The monoisotopic (exact) mass is 315 g/mol. The first-order chi connectivity index (χ1) is 10.6. The molecule has 0 unspecified atom stereocenters. The Labute approximate surface area is 133 Å². The van der Waals surface area contributed by atoms with Gasteiger partial charge in [0.1, 0.15) is 0 Å². The zero-order valence-corrected chi connectivity index (χ0v) is 12.6. The van der Waals surface area contributed by atoms with E-state index in [0.717, 1.165) is 5.56 Å². The average Bonchev–Trinajstić information content (AvgIpc) is 2.51. The van der Waals surface area contributed by atoms with Gasteiger partial charge < -0.3 is 5.32 Å². The Morgan fingerprint density at radius 3 is 2.45 bits per heavy atom. The third kappa shape index (κ3) is 4.17. The van der Waals surface area contributed by atoms with Gasteiger partial charge in [-0.25, -0.2) is 5.43 Å². The van der Waals surface area contributed by atoms with Crippen LogP contribution in [0.15, 0.2) is 53.6 Å². The summed E-state index contributed by atoms with van der Waals surface area (Å²) in [5, 5.41) is 6.74. The molecule has 22 heavy (non-hydrogen) atoms. The molecule has 0 aliphatic rings. The number of aryl methyl sites for hydroxylation is 1. The van der Waals surface area contributed by atoms with Gasteiger partial charge in [0.15, 0.2) is 0 Å². The number of nitrogens with zero attached hydrogens (tertiary/aromatic N) is 1. The SMILES string of the molecule is Cc1ccccc1NC(=O)C(=O)N/N=C/c1ccccc1Cl. The molecule has 5 nitrogen and oxygen atoms in total. The lowest BCUT2D eigenvalue weighted by Crippen LogP contribution is -2.32. The first kappa shape index (κ1) is 15.7. The predicted molar refractivity (Wildman–Crippen MR) is 87.0 cm³/mol. The van der Waals surface area contributed by atoms with Gasteiger partial charge in [-0.2, -0.15) is 5.10 Å². The highest BCUT2D eigenvalue weighted by atomic mass is 35.5. The molecule has 2 N–H and O–H groups in total. The number of benzene rings is 2. The minimum absolute atomic E-state index is 0.505. The molecule has 0 fully saturated rings. The van der Waals surface area contributed by atoms with Gasteiger partial charge in [0.25, 0.3) is 0 Å². The summed E-state index contributed by atoms with van der Waals surface area (Å²) in [5.41, 5.74) is 4.25. The number of para-hydroxylation sites is 1. The van der Waals surface area contributed by atoms with Gasteiger partial charge >= 0.3 is 11.8 Å². The molecule has 0 spiro atoms. The average molecular weight is 316 g/mol. The minimum Gasteiger partial charge on any atom is -0.317 e. The van der Waals surface area contributed by atoms with E-state index < -0.39 is 11.8 Å². The van der Waals surface area contributed by atoms with Crippen LogP contribution in [-0.2, 0) is 9.59 Å². The normalized spacial score (nSPS) is 10.5. The van der Waals surface area contributed by atoms with Crippen molar-refractivity contribution in [2.45, 2.75) is 6.92 Å². The third-order valence-electron chi connectivity index (χ3n) is 2.87. The smallest absolute Gasteiger partial charge is 0.317 e. The van der Waals surface area contributed by atoms with Crippen LogP contribution in [0.1, 0.15) is 11.1 Å². The number of hydrogen-bond donors (Lipinski definition) is 2. The van der Waals surface area contributed by atoms with Crippen molar-refractivity contribution >= 4 is 35.3 Å². The Balaban J connectivity index is 1.94. The molecule has 0 saturated heterocycles. The van der Waals surface area contributed by atoms with E-state index in [1.165, 1.54) is 6.21 Å². The van der Waals surface area contributed by atoms with Crippen LogP contribution >= 0.6 is 11.6 Å². The molecule has 2 aromatic carbocycles. The minimum atomic E-state index is -0.855. The van der Waals surface area contributed by atoms with E-state index in [-0.39, 0.29) is 0 Å². The van der Waals surface area contributed by atoms with E-state index >= 15 is 0 Å². The number of carbonyl (C=O) groups is 2. The number of halogens is 1. The van der Waals surface area contributed by atoms with Gasteiger partial charge in [-0.1, -0.05) is 48.0 Å². The Bertz CT molecular complexity index is 729. The molecule has 0 atom stereocenters. The lowest BCUT2D eigenvalue weighted by Gasteiger charge is -2.06. The standard InChI is InChI=1S/C16H14ClN3O2/c1-11-6-2-5-9-14(11)19-15(21)16(22)20-18-10-12-7-3-4-8-13(12)17/h2-10H,1H3,(H,19,21)(H,20,22)/b18-10+. The van der Waals surface area contributed by atoms with Crippen LogP contribution in [-0.4, -0.2) is 18.0 Å². The molecule has 0 radical (unpaired) electrons. The molecule has 112 valence electrons. The van der Waals surface area contributed by atoms with Crippen LogP contribution in [0.5, 0.6) is 0 Å². The van der Waals surface area contributed by atoms with Crippen LogP contribution < -0.4 is 10.7 Å². The van der Waals surface area contributed by atoms with Crippen molar-refractivity contribution in [2.75, 3.05) is 5.32 Å². The molecule has 0 saturated carbocycles. The van der Waals surface area contributed by atoms with Crippen LogP contribution in [0.25, 0.3) is 0 Å². The Morgan fingerprint density at radius 2 is 1.73 bits per heavy atom. The maximum absolute atomic E-state index is 11.8. The van der Waals surface area contributed by atoms with Crippen molar-refractivity contribution in [3.05, 3.63) is 64.7 Å². The molecule has 0 aliphatic carbocycles. The second kappa shape index (κ2) is 7.38. The largest absolute Gasteiger partial charge is 0.329 e. The van der Waals surface area contributed by atoms with Crippen molar-refractivity contribution in [1.82, 2.24) is 5.43 Å². The predicted octanol–water partition coefficient (Wildman–Crippen LogP) is 2.74. The first-order valence-corrected chi connectivity index (χ1v) is 6.90. The van der Waals surface area contributed by atoms with Crippen LogP contribution in [0, 0.1) is 6.92 Å². The summed E-state index contributed by atoms with van der Waals surface area (Å²) < 4.78 is 0. The van der Waals surface area contributed by atoms with E-state index in [2.05, 4.69) is 15.8 Å². The van der Waals surface area contributed by atoms with Crippen molar-refractivity contribution < 1.29 is 9.59 Å². The molecular weight excluding hydrogens is 302 g/mol. The summed E-state index contributed by atoms with van der Waals surface area (Å²) in [6, 6.07) is 14.2. The molecule has 2 aromatic rings. The molecule has 0 bridgehead atoms. The van der Waals surface area contributed by atoms with Gasteiger partial charge in [-0.3, -0.25) is 9.59 Å². The fourth-order valence-electron chi connectivity index (χ4n) is 1.68. The number of amides is 2. The van der Waals surface area contributed by atoms with Crippen LogP contribution in [0.4, 0.5) is 5.69 Å².